The van der Waals surface area contributed by atoms with E-state index in [1.54, 1.807) is 0 Å². The molecule has 86 valence electrons. The van der Waals surface area contributed by atoms with Gasteiger partial charge in [-0.1, -0.05) is 13.3 Å². The van der Waals surface area contributed by atoms with Crippen LogP contribution in [-0.2, 0) is 17.4 Å². The summed E-state index contributed by atoms with van der Waals surface area (Å²) in [6, 6.07) is 0. The number of unbranched alkanes of at least 4 members (excludes halogenated alkanes) is 1. The van der Waals surface area contributed by atoms with Gasteiger partial charge in [0.1, 0.15) is 0 Å². The highest BCUT2D eigenvalue weighted by atomic mass is 32.2. The summed E-state index contributed by atoms with van der Waals surface area (Å²) in [7, 11) is -9.65. The first-order valence-electron chi connectivity index (χ1n) is 3.68. The Hall–Kier alpha value is 0.610. The Bertz CT molecular complexity index is 250. The van der Waals surface area contributed by atoms with E-state index in [2.05, 4.69) is 8.28 Å². The zero-order chi connectivity index (χ0) is 11.2. The van der Waals surface area contributed by atoms with Gasteiger partial charge in [-0.25, -0.2) is 13.1 Å². The molecule has 0 fully saturated rings. The summed E-state index contributed by atoms with van der Waals surface area (Å²) < 4.78 is 28.7. The van der Waals surface area contributed by atoms with E-state index in [1.807, 2.05) is 6.92 Å². The van der Waals surface area contributed by atoms with Crippen LogP contribution in [0.15, 0.2) is 0 Å². The summed E-state index contributed by atoms with van der Waals surface area (Å²) in [5.41, 5.74) is 0. The van der Waals surface area contributed by atoms with Crippen molar-refractivity contribution < 1.29 is 32.1 Å². The van der Waals surface area contributed by atoms with Crippen LogP contribution in [0.1, 0.15) is 19.8 Å². The standard InChI is InChI=1S/C4H12O7P2S/c1-2-3-4-14-11-13(8,9)10-12(5,6)7/h2-4H2,1H3,(H,8,9)(H2,5,6,7). The van der Waals surface area contributed by atoms with Crippen molar-refractivity contribution in [3.63, 3.8) is 0 Å². The van der Waals surface area contributed by atoms with E-state index in [-0.39, 0.29) is 0 Å². The molecule has 0 rings (SSSR count). The lowest BCUT2D eigenvalue weighted by molar-refractivity contribution is 0.236. The highest BCUT2D eigenvalue weighted by Crippen LogP contribution is 2.59. The molecule has 0 amide bonds. The van der Waals surface area contributed by atoms with E-state index in [4.69, 9.17) is 14.7 Å². The van der Waals surface area contributed by atoms with Crippen LogP contribution < -0.4 is 0 Å². The molecule has 0 aromatic carbocycles. The SMILES string of the molecule is CCCCSOP(=O)(O)OP(=O)(O)O. The predicted molar refractivity (Wildman–Crippen MR) is 51.4 cm³/mol. The smallest absolute Gasteiger partial charge is 0.302 e. The minimum absolute atomic E-state index is 0.450. The van der Waals surface area contributed by atoms with Gasteiger partial charge >= 0.3 is 15.6 Å². The van der Waals surface area contributed by atoms with Crippen LogP contribution in [0.4, 0.5) is 0 Å². The summed E-state index contributed by atoms with van der Waals surface area (Å²) in [5, 5.41) is 0. The van der Waals surface area contributed by atoms with Crippen molar-refractivity contribution >= 4 is 27.7 Å². The van der Waals surface area contributed by atoms with Crippen molar-refractivity contribution in [1.82, 2.24) is 0 Å². The third-order valence-electron chi connectivity index (χ3n) is 0.938. The van der Waals surface area contributed by atoms with Crippen molar-refractivity contribution in [3.05, 3.63) is 0 Å². The van der Waals surface area contributed by atoms with Crippen LogP contribution in [0, 0.1) is 0 Å². The van der Waals surface area contributed by atoms with Gasteiger partial charge in [0.2, 0.25) is 0 Å². The van der Waals surface area contributed by atoms with Crippen LogP contribution >= 0.6 is 27.7 Å². The fourth-order valence-electron chi connectivity index (χ4n) is 0.455. The third kappa shape index (κ3) is 9.18. The van der Waals surface area contributed by atoms with Gasteiger partial charge < -0.3 is 14.7 Å². The minimum atomic E-state index is -4.99. The van der Waals surface area contributed by atoms with E-state index in [9.17, 15) is 9.13 Å². The zero-order valence-electron chi connectivity index (χ0n) is 7.40. The Morgan fingerprint density at radius 2 is 1.86 bits per heavy atom. The summed E-state index contributed by atoms with van der Waals surface area (Å²) in [6.07, 6.45) is 1.64. The van der Waals surface area contributed by atoms with Gasteiger partial charge in [-0.3, -0.25) is 0 Å². The molecular formula is C4H12O7P2S. The Morgan fingerprint density at radius 3 is 2.29 bits per heavy atom. The third-order valence-corrected chi connectivity index (χ3v) is 4.24. The number of phosphoric acid groups is 2. The van der Waals surface area contributed by atoms with E-state index in [0.717, 1.165) is 12.8 Å². The lowest BCUT2D eigenvalue weighted by Crippen LogP contribution is -1.89. The monoisotopic (exact) mass is 266 g/mol. The largest absolute Gasteiger partial charge is 0.492 e. The average Bonchev–Trinajstić information content (AvgIpc) is 1.93. The predicted octanol–water partition coefficient (Wildman–Crippen LogP) is 1.66. The van der Waals surface area contributed by atoms with Crippen molar-refractivity contribution in [1.29, 1.82) is 0 Å². The van der Waals surface area contributed by atoms with Gasteiger partial charge in [-0.2, -0.15) is 4.31 Å². The van der Waals surface area contributed by atoms with Gasteiger partial charge in [0.15, 0.2) is 0 Å². The lowest BCUT2D eigenvalue weighted by Gasteiger charge is -2.10. The van der Waals surface area contributed by atoms with Gasteiger partial charge in [0.25, 0.3) is 0 Å². The lowest BCUT2D eigenvalue weighted by atomic mass is 10.4. The topological polar surface area (TPSA) is 113 Å². The maximum absolute atomic E-state index is 10.8. The molecule has 0 spiro atoms. The first-order chi connectivity index (χ1) is 6.27. The molecule has 0 saturated heterocycles. The number of rotatable bonds is 7. The summed E-state index contributed by atoms with van der Waals surface area (Å²) >= 11 is 0.644. The molecule has 0 radical (unpaired) electrons. The second-order valence-corrected chi connectivity index (χ2v) is 6.10. The molecule has 0 aromatic rings. The van der Waals surface area contributed by atoms with Crippen LogP contribution in [0.2, 0.25) is 0 Å². The normalized spacial score (nSPS) is 16.6. The zero-order valence-corrected chi connectivity index (χ0v) is 10.0. The Kier molecular flexibility index (Phi) is 6.52. The van der Waals surface area contributed by atoms with Gasteiger partial charge in [0, 0.05) is 17.8 Å². The number of hydrogen-bond donors (Lipinski definition) is 3. The van der Waals surface area contributed by atoms with E-state index >= 15 is 0 Å². The average molecular weight is 266 g/mol. The molecule has 1 unspecified atom stereocenters. The molecular weight excluding hydrogens is 254 g/mol. The van der Waals surface area contributed by atoms with Crippen LogP contribution in [0.3, 0.4) is 0 Å². The highest BCUT2D eigenvalue weighted by Gasteiger charge is 2.32. The molecule has 0 aromatic heterocycles. The van der Waals surface area contributed by atoms with E-state index in [0.29, 0.717) is 17.8 Å². The van der Waals surface area contributed by atoms with Gasteiger partial charge in [-0.05, 0) is 6.42 Å². The maximum Gasteiger partial charge on any atom is 0.492 e. The van der Waals surface area contributed by atoms with Crippen LogP contribution in [0.5, 0.6) is 0 Å². The number of hydrogen-bond acceptors (Lipinski definition) is 5. The summed E-state index contributed by atoms with van der Waals surface area (Å²) in [6.45, 7) is 1.92. The first kappa shape index (κ1) is 14.6. The molecule has 0 aliphatic heterocycles. The van der Waals surface area contributed by atoms with Crippen molar-refractivity contribution in [2.75, 3.05) is 5.75 Å². The molecule has 0 aliphatic carbocycles. The van der Waals surface area contributed by atoms with Gasteiger partial charge in [-0.15, -0.1) is 0 Å². The van der Waals surface area contributed by atoms with Crippen molar-refractivity contribution in [2.45, 2.75) is 19.8 Å². The van der Waals surface area contributed by atoms with Crippen molar-refractivity contribution in [3.8, 4) is 0 Å². The molecule has 3 N–H and O–H groups in total. The second kappa shape index (κ2) is 6.25. The molecule has 14 heavy (non-hydrogen) atoms. The summed E-state index contributed by atoms with van der Waals surface area (Å²) in [5.74, 6) is 0.450. The highest BCUT2D eigenvalue weighted by molar-refractivity contribution is 7.98. The van der Waals surface area contributed by atoms with Crippen LogP contribution in [-0.4, -0.2) is 20.4 Å². The van der Waals surface area contributed by atoms with Gasteiger partial charge in [0.05, 0.1) is 0 Å². The minimum Gasteiger partial charge on any atom is -0.302 e. The molecule has 0 heterocycles. The fourth-order valence-corrected chi connectivity index (χ4v) is 3.12. The maximum atomic E-state index is 10.8. The molecule has 0 bridgehead atoms. The van der Waals surface area contributed by atoms with E-state index < -0.39 is 15.6 Å². The molecule has 10 heteroatoms. The van der Waals surface area contributed by atoms with E-state index in [1.165, 1.54) is 0 Å². The van der Waals surface area contributed by atoms with Crippen LogP contribution in [0.25, 0.3) is 0 Å². The fraction of sp³-hybridized carbons (Fsp3) is 1.00. The molecule has 7 nitrogen and oxygen atoms in total. The second-order valence-electron chi connectivity index (χ2n) is 2.29. The Labute approximate surface area is 85.9 Å². The Morgan fingerprint density at radius 1 is 1.29 bits per heavy atom. The molecule has 1 atom stereocenters. The first-order valence-corrected chi connectivity index (χ1v) is 7.61. The molecule has 0 saturated carbocycles. The van der Waals surface area contributed by atoms with Crippen molar-refractivity contribution in [2.24, 2.45) is 0 Å². The molecule has 0 aliphatic rings. The summed E-state index contributed by atoms with van der Waals surface area (Å²) in [4.78, 5) is 25.2. The quantitative estimate of drug-likeness (QED) is 0.362. The Balaban J connectivity index is 3.85.